The van der Waals surface area contributed by atoms with Gasteiger partial charge in [0.1, 0.15) is 0 Å². The molecule has 0 aliphatic rings. The molecule has 0 heterocycles. The predicted molar refractivity (Wildman–Crippen MR) is 86.4 cm³/mol. The van der Waals surface area contributed by atoms with Crippen LogP contribution in [0.1, 0.15) is 55.5 Å². The molecule has 1 aromatic rings. The molecule has 0 radical (unpaired) electrons. The van der Waals surface area contributed by atoms with E-state index in [-0.39, 0.29) is 5.91 Å². The minimum Gasteiger partial charge on any atom is -0.387 e. The van der Waals surface area contributed by atoms with E-state index in [1.165, 1.54) is 5.56 Å². The van der Waals surface area contributed by atoms with Crippen LogP contribution >= 0.6 is 0 Å². The molecule has 1 rings (SSSR count). The van der Waals surface area contributed by atoms with E-state index in [1.807, 2.05) is 37.1 Å². The smallest absolute Gasteiger partial charge is 0.255 e. The summed E-state index contributed by atoms with van der Waals surface area (Å²) in [5.74, 6) is 0.149. The van der Waals surface area contributed by atoms with Crippen LogP contribution in [0.2, 0.25) is 0 Å². The lowest BCUT2D eigenvalue weighted by Crippen LogP contribution is -2.33. The first kappa shape index (κ1) is 16.5. The third kappa shape index (κ3) is 4.55. The van der Waals surface area contributed by atoms with Gasteiger partial charge in [-0.2, -0.15) is 0 Å². The summed E-state index contributed by atoms with van der Waals surface area (Å²) in [6.45, 7) is 8.07. The van der Waals surface area contributed by atoms with Crippen molar-refractivity contribution in [3.8, 4) is 0 Å². The summed E-state index contributed by atoms with van der Waals surface area (Å²) in [4.78, 5) is 14.7. The molecule has 20 heavy (non-hydrogen) atoms. The topological polar surface area (TPSA) is 32.3 Å². The molecular formula is C17H28N2O. The normalized spacial score (nSPS) is 10.4. The average Bonchev–Trinajstić information content (AvgIpc) is 2.46. The molecule has 112 valence electrons. The Labute approximate surface area is 123 Å². The number of rotatable bonds is 8. The van der Waals surface area contributed by atoms with E-state index in [0.717, 1.165) is 50.0 Å². The van der Waals surface area contributed by atoms with E-state index >= 15 is 0 Å². The number of nitrogens with one attached hydrogen (secondary N) is 1. The van der Waals surface area contributed by atoms with Crippen LogP contribution in [-0.4, -0.2) is 30.9 Å². The van der Waals surface area contributed by atoms with Crippen molar-refractivity contribution in [3.63, 3.8) is 0 Å². The lowest BCUT2D eigenvalue weighted by molar-refractivity contribution is 0.0752. The number of carbonyl (C=O) groups excluding carboxylic acids is 1. The van der Waals surface area contributed by atoms with Gasteiger partial charge in [0.2, 0.25) is 0 Å². The first-order valence-corrected chi connectivity index (χ1v) is 7.71. The number of amides is 1. The van der Waals surface area contributed by atoms with Gasteiger partial charge in [-0.25, -0.2) is 0 Å². The van der Waals surface area contributed by atoms with E-state index < -0.39 is 0 Å². The number of unbranched alkanes of at least 4 members (excludes halogenated alkanes) is 2. The SMILES string of the molecule is CCCCN(CCCC)C(=O)c1ccc(C)cc1NC. The van der Waals surface area contributed by atoms with E-state index in [9.17, 15) is 4.79 Å². The molecule has 0 bridgehead atoms. The fraction of sp³-hybridized carbons (Fsp3) is 0.588. The largest absolute Gasteiger partial charge is 0.387 e. The van der Waals surface area contributed by atoms with Crippen molar-refractivity contribution in [1.82, 2.24) is 4.90 Å². The fourth-order valence-corrected chi connectivity index (χ4v) is 2.23. The van der Waals surface area contributed by atoms with E-state index in [2.05, 4.69) is 19.2 Å². The molecule has 0 unspecified atom stereocenters. The van der Waals surface area contributed by atoms with Gasteiger partial charge in [-0.3, -0.25) is 4.79 Å². The van der Waals surface area contributed by atoms with Crippen molar-refractivity contribution < 1.29 is 4.79 Å². The highest BCUT2D eigenvalue weighted by molar-refractivity contribution is 5.99. The highest BCUT2D eigenvalue weighted by Gasteiger charge is 2.17. The van der Waals surface area contributed by atoms with Gasteiger partial charge in [0.15, 0.2) is 0 Å². The molecule has 0 saturated carbocycles. The quantitative estimate of drug-likeness (QED) is 0.776. The van der Waals surface area contributed by atoms with Crippen molar-refractivity contribution in [2.24, 2.45) is 0 Å². The van der Waals surface area contributed by atoms with Crippen molar-refractivity contribution in [1.29, 1.82) is 0 Å². The maximum Gasteiger partial charge on any atom is 0.255 e. The molecular weight excluding hydrogens is 248 g/mol. The van der Waals surface area contributed by atoms with Gasteiger partial charge in [-0.15, -0.1) is 0 Å². The molecule has 3 heteroatoms. The fourth-order valence-electron chi connectivity index (χ4n) is 2.23. The van der Waals surface area contributed by atoms with Gasteiger partial charge in [-0.1, -0.05) is 32.8 Å². The Hall–Kier alpha value is -1.51. The molecule has 1 aromatic carbocycles. The molecule has 0 aromatic heterocycles. The first-order valence-electron chi connectivity index (χ1n) is 7.71. The van der Waals surface area contributed by atoms with Gasteiger partial charge >= 0.3 is 0 Å². The summed E-state index contributed by atoms with van der Waals surface area (Å²) in [5.41, 5.74) is 2.87. The Balaban J connectivity index is 2.92. The highest BCUT2D eigenvalue weighted by atomic mass is 16.2. The molecule has 1 amide bonds. The zero-order chi connectivity index (χ0) is 15.0. The molecule has 0 spiro atoms. The van der Waals surface area contributed by atoms with Gasteiger partial charge < -0.3 is 10.2 Å². The summed E-state index contributed by atoms with van der Waals surface area (Å²) in [6.07, 6.45) is 4.36. The molecule has 0 aliphatic heterocycles. The third-order valence-electron chi connectivity index (χ3n) is 3.53. The van der Waals surface area contributed by atoms with Gasteiger partial charge in [-0.05, 0) is 37.5 Å². The van der Waals surface area contributed by atoms with Crippen LogP contribution in [0.15, 0.2) is 18.2 Å². The average molecular weight is 276 g/mol. The summed E-state index contributed by atoms with van der Waals surface area (Å²) in [5, 5.41) is 3.14. The van der Waals surface area contributed by atoms with Crippen molar-refractivity contribution >= 4 is 11.6 Å². The van der Waals surface area contributed by atoms with E-state index in [0.29, 0.717) is 0 Å². The standard InChI is InChI=1S/C17H28N2O/c1-5-7-11-19(12-8-6-2)17(20)15-10-9-14(3)13-16(15)18-4/h9-10,13,18H,5-8,11-12H2,1-4H3. The Kier molecular flexibility index (Phi) is 7.13. The van der Waals surface area contributed by atoms with Gasteiger partial charge in [0, 0.05) is 25.8 Å². The minimum atomic E-state index is 0.149. The first-order chi connectivity index (χ1) is 9.63. The van der Waals surface area contributed by atoms with Crippen LogP contribution in [-0.2, 0) is 0 Å². The van der Waals surface area contributed by atoms with E-state index in [1.54, 1.807) is 0 Å². The summed E-state index contributed by atoms with van der Waals surface area (Å²) < 4.78 is 0. The molecule has 0 fully saturated rings. The van der Waals surface area contributed by atoms with Gasteiger partial charge in [0.05, 0.1) is 5.56 Å². The van der Waals surface area contributed by atoms with Crippen LogP contribution in [0.4, 0.5) is 5.69 Å². The van der Waals surface area contributed by atoms with Crippen LogP contribution in [0.25, 0.3) is 0 Å². The molecule has 0 saturated heterocycles. The Bertz CT molecular complexity index is 421. The second kappa shape index (κ2) is 8.62. The number of carbonyl (C=O) groups is 1. The van der Waals surface area contributed by atoms with Crippen molar-refractivity contribution in [2.75, 3.05) is 25.5 Å². The lowest BCUT2D eigenvalue weighted by atomic mass is 10.1. The number of hydrogen-bond donors (Lipinski definition) is 1. The zero-order valence-electron chi connectivity index (χ0n) is 13.3. The number of nitrogens with zero attached hydrogens (tertiary/aromatic N) is 1. The van der Waals surface area contributed by atoms with Crippen LogP contribution in [0.5, 0.6) is 0 Å². The second-order valence-corrected chi connectivity index (χ2v) is 5.30. The number of hydrogen-bond acceptors (Lipinski definition) is 2. The third-order valence-corrected chi connectivity index (χ3v) is 3.53. The highest BCUT2D eigenvalue weighted by Crippen LogP contribution is 2.19. The minimum absolute atomic E-state index is 0.149. The maximum atomic E-state index is 12.7. The second-order valence-electron chi connectivity index (χ2n) is 5.30. The molecule has 1 N–H and O–H groups in total. The van der Waals surface area contributed by atoms with Crippen molar-refractivity contribution in [2.45, 2.75) is 46.5 Å². The zero-order valence-corrected chi connectivity index (χ0v) is 13.3. The Morgan fingerprint density at radius 1 is 1.15 bits per heavy atom. The van der Waals surface area contributed by atoms with Gasteiger partial charge in [0.25, 0.3) is 5.91 Å². The summed E-state index contributed by atoms with van der Waals surface area (Å²) in [6, 6.07) is 5.98. The summed E-state index contributed by atoms with van der Waals surface area (Å²) in [7, 11) is 1.87. The number of aryl methyl sites for hydroxylation is 1. The molecule has 3 nitrogen and oxygen atoms in total. The monoisotopic (exact) mass is 276 g/mol. The lowest BCUT2D eigenvalue weighted by Gasteiger charge is -2.24. The number of anilines is 1. The number of benzene rings is 1. The Morgan fingerprint density at radius 2 is 1.75 bits per heavy atom. The summed E-state index contributed by atoms with van der Waals surface area (Å²) >= 11 is 0. The van der Waals surface area contributed by atoms with Crippen LogP contribution in [0, 0.1) is 6.92 Å². The predicted octanol–water partition coefficient (Wildman–Crippen LogP) is 4.08. The molecule has 0 atom stereocenters. The van der Waals surface area contributed by atoms with Crippen LogP contribution in [0.3, 0.4) is 0 Å². The van der Waals surface area contributed by atoms with Crippen LogP contribution < -0.4 is 5.32 Å². The van der Waals surface area contributed by atoms with E-state index in [4.69, 9.17) is 0 Å². The Morgan fingerprint density at radius 3 is 2.25 bits per heavy atom. The molecule has 0 aliphatic carbocycles. The maximum absolute atomic E-state index is 12.7. The van der Waals surface area contributed by atoms with Crippen molar-refractivity contribution in [3.05, 3.63) is 29.3 Å².